The Morgan fingerprint density at radius 2 is 2.07 bits per heavy atom. The van der Waals surface area contributed by atoms with E-state index in [1.807, 2.05) is 12.3 Å². The van der Waals surface area contributed by atoms with Gasteiger partial charge in [-0.1, -0.05) is 6.07 Å². The molecule has 1 fully saturated rings. The zero-order valence-corrected chi connectivity index (χ0v) is 15.2. The number of nitrogens with one attached hydrogen (secondary N) is 3. The van der Waals surface area contributed by atoms with Gasteiger partial charge in [0.05, 0.1) is 17.4 Å². The molecule has 138 valence electrons. The molecule has 0 amide bonds. The molecule has 1 aromatic carbocycles. The van der Waals surface area contributed by atoms with E-state index < -0.39 is 0 Å². The molecule has 0 aliphatic carbocycles. The van der Waals surface area contributed by atoms with Crippen LogP contribution in [0.15, 0.2) is 36.5 Å². The van der Waals surface area contributed by atoms with Crippen LogP contribution in [0.25, 0.3) is 22.3 Å². The number of hydrogen-bond donors (Lipinski definition) is 3. The first-order valence-corrected chi connectivity index (χ1v) is 9.53. The van der Waals surface area contributed by atoms with Gasteiger partial charge in [-0.25, -0.2) is 0 Å². The summed E-state index contributed by atoms with van der Waals surface area (Å²) < 4.78 is 0. The van der Waals surface area contributed by atoms with Gasteiger partial charge in [0.2, 0.25) is 0 Å². The maximum absolute atomic E-state index is 11.4. The zero-order valence-electron chi connectivity index (χ0n) is 15.2. The summed E-state index contributed by atoms with van der Waals surface area (Å²) in [6.45, 7) is 6.01. The Balaban J connectivity index is 1.49. The van der Waals surface area contributed by atoms with E-state index in [2.05, 4.69) is 49.8 Å². The normalized spacial score (nSPS) is 20.1. The fourth-order valence-electron chi connectivity index (χ4n) is 4.20. The lowest BCUT2D eigenvalue weighted by atomic mass is 10.0. The van der Waals surface area contributed by atoms with Crippen LogP contribution in [-0.4, -0.2) is 47.3 Å². The van der Waals surface area contributed by atoms with Gasteiger partial charge in [0.1, 0.15) is 6.29 Å². The average molecular weight is 361 g/mol. The van der Waals surface area contributed by atoms with Crippen molar-refractivity contribution in [3.05, 3.63) is 53.2 Å². The summed E-state index contributed by atoms with van der Waals surface area (Å²) >= 11 is 0. The van der Waals surface area contributed by atoms with E-state index in [0.717, 1.165) is 67.0 Å². The van der Waals surface area contributed by atoms with Crippen LogP contribution in [-0.2, 0) is 17.9 Å². The van der Waals surface area contributed by atoms with E-state index >= 15 is 0 Å². The Hall–Kier alpha value is -2.54. The molecule has 2 aliphatic rings. The summed E-state index contributed by atoms with van der Waals surface area (Å²) in [7, 11) is 0. The Bertz CT molecular complexity index is 989. The molecule has 5 rings (SSSR count). The number of hydrogen-bond acceptors (Lipinski definition) is 5. The van der Waals surface area contributed by atoms with Crippen molar-refractivity contribution < 1.29 is 4.79 Å². The lowest BCUT2D eigenvalue weighted by Crippen LogP contribution is -2.42. The van der Waals surface area contributed by atoms with Crippen LogP contribution in [0.4, 0.5) is 0 Å². The molecule has 3 aromatic rings. The van der Waals surface area contributed by atoms with Crippen molar-refractivity contribution in [1.82, 2.24) is 25.5 Å². The minimum atomic E-state index is -0.279. The maximum Gasteiger partial charge on any atom is 0.141 e. The van der Waals surface area contributed by atoms with Crippen molar-refractivity contribution in [2.24, 2.45) is 0 Å². The van der Waals surface area contributed by atoms with Crippen molar-refractivity contribution in [1.29, 1.82) is 0 Å². The van der Waals surface area contributed by atoms with Crippen molar-refractivity contribution in [3.8, 4) is 11.4 Å². The largest absolute Gasteiger partial charge is 0.353 e. The van der Waals surface area contributed by atoms with E-state index in [4.69, 9.17) is 0 Å². The number of pyridine rings is 1. The van der Waals surface area contributed by atoms with Crippen molar-refractivity contribution >= 4 is 17.2 Å². The lowest BCUT2D eigenvalue weighted by molar-refractivity contribution is -0.109. The predicted molar refractivity (Wildman–Crippen MR) is 105 cm³/mol. The monoisotopic (exact) mass is 361 g/mol. The third-order valence-electron chi connectivity index (χ3n) is 5.60. The standard InChI is InChI=1S/C21H23N5O/c27-13-19-20-15(11-24-19)3-4-23-21(20)18-10-16-9-14(1-2-17(16)25-18)12-26-7-5-22-6-8-26/h1-4,9-10,13,19,22,24-25H,5-8,11-12H2. The number of aldehydes is 1. The van der Waals surface area contributed by atoms with Crippen LogP contribution in [0.2, 0.25) is 0 Å². The van der Waals surface area contributed by atoms with Gasteiger partial charge < -0.3 is 15.1 Å². The van der Waals surface area contributed by atoms with Gasteiger partial charge in [-0.15, -0.1) is 0 Å². The van der Waals surface area contributed by atoms with E-state index in [0.29, 0.717) is 6.54 Å². The van der Waals surface area contributed by atoms with Gasteiger partial charge in [0, 0.05) is 61.9 Å². The van der Waals surface area contributed by atoms with Crippen LogP contribution in [0.1, 0.15) is 22.7 Å². The molecule has 6 heteroatoms. The van der Waals surface area contributed by atoms with Gasteiger partial charge in [0.25, 0.3) is 0 Å². The van der Waals surface area contributed by atoms with Crippen LogP contribution in [0.5, 0.6) is 0 Å². The van der Waals surface area contributed by atoms with E-state index in [1.165, 1.54) is 10.9 Å². The van der Waals surface area contributed by atoms with E-state index in [9.17, 15) is 4.79 Å². The van der Waals surface area contributed by atoms with Crippen molar-refractivity contribution in [2.75, 3.05) is 26.2 Å². The maximum atomic E-state index is 11.4. The predicted octanol–water partition coefficient (Wildman–Crippen LogP) is 1.98. The lowest BCUT2D eigenvalue weighted by Gasteiger charge is -2.27. The second-order valence-corrected chi connectivity index (χ2v) is 7.36. The first-order valence-electron chi connectivity index (χ1n) is 9.53. The molecule has 0 spiro atoms. The summed E-state index contributed by atoms with van der Waals surface area (Å²) in [6, 6.07) is 10.5. The van der Waals surface area contributed by atoms with Crippen LogP contribution >= 0.6 is 0 Å². The summed E-state index contributed by atoms with van der Waals surface area (Å²) in [5.41, 5.74) is 6.41. The smallest absolute Gasteiger partial charge is 0.141 e. The number of nitrogens with zero attached hydrogens (tertiary/aromatic N) is 2. The molecule has 4 heterocycles. The Morgan fingerprint density at radius 3 is 2.93 bits per heavy atom. The minimum absolute atomic E-state index is 0.279. The van der Waals surface area contributed by atoms with Crippen LogP contribution in [0, 0.1) is 0 Å². The zero-order chi connectivity index (χ0) is 18.2. The average Bonchev–Trinajstić information content (AvgIpc) is 3.32. The number of rotatable bonds is 4. The third kappa shape index (κ3) is 3.06. The number of carbonyl (C=O) groups excluding carboxylic acids is 1. The number of aromatic nitrogens is 2. The summed E-state index contributed by atoms with van der Waals surface area (Å²) in [4.78, 5) is 22.0. The molecular weight excluding hydrogens is 338 g/mol. The fourth-order valence-corrected chi connectivity index (χ4v) is 4.20. The first-order chi connectivity index (χ1) is 13.3. The van der Waals surface area contributed by atoms with Crippen molar-refractivity contribution in [3.63, 3.8) is 0 Å². The highest BCUT2D eigenvalue weighted by molar-refractivity contribution is 5.87. The highest BCUT2D eigenvalue weighted by Gasteiger charge is 2.26. The van der Waals surface area contributed by atoms with Crippen molar-refractivity contribution in [2.45, 2.75) is 19.1 Å². The second kappa shape index (κ2) is 6.88. The van der Waals surface area contributed by atoms with Gasteiger partial charge in [-0.2, -0.15) is 0 Å². The molecule has 2 aromatic heterocycles. The number of carbonyl (C=O) groups is 1. The molecule has 0 radical (unpaired) electrons. The number of fused-ring (bicyclic) bond motifs is 2. The molecule has 1 atom stereocenters. The molecule has 27 heavy (non-hydrogen) atoms. The van der Waals surface area contributed by atoms with E-state index in [1.54, 1.807) is 0 Å². The van der Waals surface area contributed by atoms with Gasteiger partial charge in [-0.3, -0.25) is 15.2 Å². The molecule has 3 N–H and O–H groups in total. The highest BCUT2D eigenvalue weighted by atomic mass is 16.1. The molecule has 1 unspecified atom stereocenters. The fraction of sp³-hybridized carbons (Fsp3) is 0.333. The number of H-pyrrole nitrogens is 1. The van der Waals surface area contributed by atoms with E-state index in [-0.39, 0.29) is 6.04 Å². The molecule has 0 saturated carbocycles. The van der Waals surface area contributed by atoms with Crippen LogP contribution < -0.4 is 10.6 Å². The summed E-state index contributed by atoms with van der Waals surface area (Å²) in [5.74, 6) is 0. The molecular formula is C21H23N5O. The second-order valence-electron chi connectivity index (χ2n) is 7.36. The quantitative estimate of drug-likeness (QED) is 0.620. The minimum Gasteiger partial charge on any atom is -0.353 e. The Morgan fingerprint density at radius 1 is 1.19 bits per heavy atom. The Kier molecular flexibility index (Phi) is 4.24. The Labute approximate surface area is 158 Å². The van der Waals surface area contributed by atoms with Gasteiger partial charge in [0.15, 0.2) is 0 Å². The molecule has 0 bridgehead atoms. The summed E-state index contributed by atoms with van der Waals surface area (Å²) in [5, 5.41) is 7.82. The number of piperazine rings is 1. The number of aromatic amines is 1. The third-order valence-corrected chi connectivity index (χ3v) is 5.60. The van der Waals surface area contributed by atoms with Gasteiger partial charge in [-0.05, 0) is 35.4 Å². The summed E-state index contributed by atoms with van der Waals surface area (Å²) in [6.07, 6.45) is 2.79. The molecule has 2 aliphatic heterocycles. The van der Waals surface area contributed by atoms with Crippen LogP contribution in [0.3, 0.4) is 0 Å². The number of benzene rings is 1. The molecule has 1 saturated heterocycles. The SMILES string of the molecule is O=CC1NCc2ccnc(-c3cc4cc(CN5CCNCC5)ccc4[nH]3)c21. The first kappa shape index (κ1) is 16.6. The molecule has 6 nitrogen and oxygen atoms in total. The highest BCUT2D eigenvalue weighted by Crippen LogP contribution is 2.33. The topological polar surface area (TPSA) is 73.1 Å². The van der Waals surface area contributed by atoms with Gasteiger partial charge >= 0.3 is 0 Å².